The van der Waals surface area contributed by atoms with Crippen LogP contribution in [0.1, 0.15) is 19.4 Å². The number of aromatic nitrogens is 1. The van der Waals surface area contributed by atoms with Crippen LogP contribution in [0.5, 0.6) is 11.6 Å². The Morgan fingerprint density at radius 3 is 2.69 bits per heavy atom. The Kier molecular flexibility index (Phi) is 3.55. The van der Waals surface area contributed by atoms with Gasteiger partial charge in [-0.15, -0.1) is 0 Å². The maximum Gasteiger partial charge on any atom is 0.257 e. The molecular formula is C10H15NO2. The molecule has 0 aliphatic carbocycles. The van der Waals surface area contributed by atoms with E-state index in [2.05, 4.69) is 4.98 Å². The van der Waals surface area contributed by atoms with Crippen molar-refractivity contribution >= 4 is 0 Å². The summed E-state index contributed by atoms with van der Waals surface area (Å²) < 4.78 is 10.6. The molecule has 0 N–H and O–H groups in total. The van der Waals surface area contributed by atoms with Crippen molar-refractivity contribution in [1.29, 1.82) is 0 Å². The first-order valence-corrected chi connectivity index (χ1v) is 4.58. The Balaban J connectivity index is 0.000000396. The molecule has 0 spiro atoms. The standard InChI is InChI=1S/C8H9NO2.C2H6/c1-6-4-7-8(9-5-6)11-3-2-10-7;1-2/h4-5H,2-3H2,1H3;1-2H3. The first-order chi connectivity index (χ1) is 6.36. The maximum absolute atomic E-state index is 5.32. The van der Waals surface area contributed by atoms with Crippen LogP contribution in [0.25, 0.3) is 0 Å². The van der Waals surface area contributed by atoms with Gasteiger partial charge in [-0.3, -0.25) is 0 Å². The van der Waals surface area contributed by atoms with E-state index in [1.807, 2.05) is 26.8 Å². The molecular weight excluding hydrogens is 166 g/mol. The second-order valence-corrected chi connectivity index (χ2v) is 2.51. The molecule has 2 heterocycles. The minimum absolute atomic E-state index is 0.600. The van der Waals surface area contributed by atoms with Gasteiger partial charge in [0.15, 0.2) is 5.75 Å². The predicted molar refractivity (Wildman–Crippen MR) is 51.3 cm³/mol. The number of nitrogens with zero attached hydrogens (tertiary/aromatic N) is 1. The molecule has 2 rings (SSSR count). The topological polar surface area (TPSA) is 31.4 Å². The molecule has 1 aliphatic heterocycles. The summed E-state index contributed by atoms with van der Waals surface area (Å²) in [6.07, 6.45) is 1.77. The van der Waals surface area contributed by atoms with Crippen LogP contribution < -0.4 is 9.47 Å². The normalized spacial score (nSPS) is 12.8. The van der Waals surface area contributed by atoms with Gasteiger partial charge in [-0.05, 0) is 18.6 Å². The van der Waals surface area contributed by atoms with Crippen molar-refractivity contribution < 1.29 is 9.47 Å². The molecule has 1 aromatic rings. The summed E-state index contributed by atoms with van der Waals surface area (Å²) in [6, 6.07) is 1.93. The van der Waals surface area contributed by atoms with Crippen LogP contribution >= 0.6 is 0 Å². The smallest absolute Gasteiger partial charge is 0.257 e. The van der Waals surface area contributed by atoms with Crippen LogP contribution in [0.3, 0.4) is 0 Å². The first kappa shape index (κ1) is 9.84. The molecule has 0 bridgehead atoms. The van der Waals surface area contributed by atoms with Gasteiger partial charge in [0, 0.05) is 6.20 Å². The molecule has 0 fully saturated rings. The summed E-state index contributed by atoms with van der Waals surface area (Å²) in [6.45, 7) is 7.20. The molecule has 72 valence electrons. The van der Waals surface area contributed by atoms with Crippen LogP contribution in [0.2, 0.25) is 0 Å². The van der Waals surface area contributed by atoms with E-state index in [0.717, 1.165) is 11.3 Å². The van der Waals surface area contributed by atoms with E-state index in [9.17, 15) is 0 Å². The van der Waals surface area contributed by atoms with E-state index in [0.29, 0.717) is 19.1 Å². The average Bonchev–Trinajstić information content (AvgIpc) is 2.21. The number of aryl methyl sites for hydroxylation is 1. The number of fused-ring (bicyclic) bond motifs is 1. The number of hydrogen-bond donors (Lipinski definition) is 0. The van der Waals surface area contributed by atoms with Crippen LogP contribution in [0, 0.1) is 6.92 Å². The Morgan fingerprint density at radius 1 is 1.23 bits per heavy atom. The van der Waals surface area contributed by atoms with E-state index in [1.165, 1.54) is 0 Å². The fourth-order valence-electron chi connectivity index (χ4n) is 1.03. The third-order valence-electron chi connectivity index (χ3n) is 1.53. The van der Waals surface area contributed by atoms with Crippen molar-refractivity contribution in [3.63, 3.8) is 0 Å². The second kappa shape index (κ2) is 4.70. The highest BCUT2D eigenvalue weighted by molar-refractivity contribution is 5.36. The summed E-state index contributed by atoms with van der Waals surface area (Å²) in [5, 5.41) is 0. The maximum atomic E-state index is 5.32. The fourth-order valence-corrected chi connectivity index (χ4v) is 1.03. The summed E-state index contributed by atoms with van der Waals surface area (Å²) in [4.78, 5) is 4.07. The van der Waals surface area contributed by atoms with Gasteiger partial charge >= 0.3 is 0 Å². The van der Waals surface area contributed by atoms with Gasteiger partial charge in [-0.2, -0.15) is 0 Å². The van der Waals surface area contributed by atoms with Crippen molar-refractivity contribution in [2.45, 2.75) is 20.8 Å². The van der Waals surface area contributed by atoms with Crippen molar-refractivity contribution in [2.24, 2.45) is 0 Å². The van der Waals surface area contributed by atoms with Crippen molar-refractivity contribution in [2.75, 3.05) is 13.2 Å². The largest absolute Gasteiger partial charge is 0.484 e. The highest BCUT2D eigenvalue weighted by Crippen LogP contribution is 2.27. The molecule has 0 radical (unpaired) electrons. The third-order valence-corrected chi connectivity index (χ3v) is 1.53. The van der Waals surface area contributed by atoms with Crippen LogP contribution in [-0.2, 0) is 0 Å². The lowest BCUT2D eigenvalue weighted by Crippen LogP contribution is -2.16. The lowest BCUT2D eigenvalue weighted by atomic mass is 10.3. The molecule has 3 nitrogen and oxygen atoms in total. The van der Waals surface area contributed by atoms with E-state index < -0.39 is 0 Å². The molecule has 0 aromatic carbocycles. The number of ether oxygens (including phenoxy) is 2. The van der Waals surface area contributed by atoms with Crippen molar-refractivity contribution in [3.05, 3.63) is 17.8 Å². The van der Waals surface area contributed by atoms with Gasteiger partial charge in [-0.1, -0.05) is 13.8 Å². The zero-order valence-corrected chi connectivity index (χ0v) is 8.33. The molecule has 0 saturated carbocycles. The van der Waals surface area contributed by atoms with E-state index in [1.54, 1.807) is 6.20 Å². The van der Waals surface area contributed by atoms with Crippen molar-refractivity contribution in [3.8, 4) is 11.6 Å². The SMILES string of the molecule is CC.Cc1cnc2c(c1)OCCO2. The lowest BCUT2D eigenvalue weighted by molar-refractivity contribution is 0.164. The zero-order valence-electron chi connectivity index (χ0n) is 8.33. The highest BCUT2D eigenvalue weighted by atomic mass is 16.6. The Labute approximate surface area is 78.7 Å². The Morgan fingerprint density at radius 2 is 1.92 bits per heavy atom. The van der Waals surface area contributed by atoms with Crippen LogP contribution in [0.15, 0.2) is 12.3 Å². The molecule has 1 aliphatic rings. The van der Waals surface area contributed by atoms with Crippen LogP contribution in [-0.4, -0.2) is 18.2 Å². The predicted octanol–water partition coefficient (Wildman–Crippen LogP) is 2.19. The molecule has 0 unspecified atom stereocenters. The first-order valence-electron chi connectivity index (χ1n) is 4.58. The minimum atomic E-state index is 0.600. The fraction of sp³-hybridized carbons (Fsp3) is 0.500. The highest BCUT2D eigenvalue weighted by Gasteiger charge is 2.11. The second-order valence-electron chi connectivity index (χ2n) is 2.51. The van der Waals surface area contributed by atoms with Gasteiger partial charge in [0.05, 0.1) is 0 Å². The quantitative estimate of drug-likeness (QED) is 0.614. The third kappa shape index (κ3) is 2.34. The molecule has 13 heavy (non-hydrogen) atoms. The molecule has 0 atom stereocenters. The van der Waals surface area contributed by atoms with E-state index >= 15 is 0 Å². The summed E-state index contributed by atoms with van der Waals surface area (Å²) >= 11 is 0. The molecule has 0 amide bonds. The summed E-state index contributed by atoms with van der Waals surface area (Å²) in [5.41, 5.74) is 1.09. The number of hydrogen-bond acceptors (Lipinski definition) is 3. The zero-order chi connectivity index (χ0) is 9.68. The van der Waals surface area contributed by atoms with Gasteiger partial charge in [-0.25, -0.2) is 4.98 Å². The van der Waals surface area contributed by atoms with E-state index in [4.69, 9.17) is 9.47 Å². The molecule has 0 saturated heterocycles. The minimum Gasteiger partial charge on any atom is -0.484 e. The number of pyridine rings is 1. The monoisotopic (exact) mass is 181 g/mol. The average molecular weight is 181 g/mol. The lowest BCUT2D eigenvalue weighted by Gasteiger charge is -2.16. The van der Waals surface area contributed by atoms with Gasteiger partial charge in [0.1, 0.15) is 13.2 Å². The van der Waals surface area contributed by atoms with Crippen LogP contribution in [0.4, 0.5) is 0 Å². The Bertz CT molecular complexity index is 274. The van der Waals surface area contributed by atoms with Gasteiger partial charge < -0.3 is 9.47 Å². The molecule has 3 heteroatoms. The van der Waals surface area contributed by atoms with E-state index in [-0.39, 0.29) is 0 Å². The summed E-state index contributed by atoms with van der Waals surface area (Å²) in [7, 11) is 0. The Hall–Kier alpha value is -1.25. The van der Waals surface area contributed by atoms with Gasteiger partial charge in [0.2, 0.25) is 0 Å². The summed E-state index contributed by atoms with van der Waals surface area (Å²) in [5.74, 6) is 1.37. The van der Waals surface area contributed by atoms with Gasteiger partial charge in [0.25, 0.3) is 5.88 Å². The molecule has 1 aromatic heterocycles. The number of rotatable bonds is 0. The van der Waals surface area contributed by atoms with Crippen molar-refractivity contribution in [1.82, 2.24) is 4.98 Å².